The molecule has 0 aliphatic heterocycles. The maximum Gasteiger partial charge on any atom is 0.169 e. The van der Waals surface area contributed by atoms with Gasteiger partial charge < -0.3 is 0 Å². The van der Waals surface area contributed by atoms with Crippen LogP contribution in [0.25, 0.3) is 10.6 Å². The second-order valence-corrected chi connectivity index (χ2v) is 4.19. The van der Waals surface area contributed by atoms with Crippen LogP contribution in [-0.4, -0.2) is 16.3 Å². The first-order valence-electron chi connectivity index (χ1n) is 4.55. The molecule has 0 radical (unpaired) electrons. The number of aromatic nitrogens is 2. The van der Waals surface area contributed by atoms with Crippen molar-refractivity contribution >= 4 is 17.6 Å². The zero-order chi connectivity index (χ0) is 10.8. The van der Waals surface area contributed by atoms with E-state index in [9.17, 15) is 4.79 Å². The second-order valence-electron chi connectivity index (χ2n) is 3.33. The molecule has 4 heteroatoms. The van der Waals surface area contributed by atoms with Gasteiger partial charge in [-0.2, -0.15) is 0 Å². The predicted octanol–water partition coefficient (Wildman–Crippen LogP) is 2.63. The monoisotopic (exact) mass is 218 g/mol. The zero-order valence-corrected chi connectivity index (χ0v) is 9.34. The van der Waals surface area contributed by atoms with E-state index in [1.165, 1.54) is 11.3 Å². The summed E-state index contributed by atoms with van der Waals surface area (Å²) >= 11 is 1.47. The van der Waals surface area contributed by atoms with Crippen molar-refractivity contribution in [2.24, 2.45) is 0 Å². The molecule has 2 rings (SSSR count). The van der Waals surface area contributed by atoms with E-state index in [0.29, 0.717) is 5.69 Å². The third-order valence-electron chi connectivity index (χ3n) is 1.97. The zero-order valence-electron chi connectivity index (χ0n) is 8.52. The highest BCUT2D eigenvalue weighted by Crippen LogP contribution is 2.24. The number of hydrogen-bond donors (Lipinski definition) is 0. The van der Waals surface area contributed by atoms with Crippen LogP contribution in [0.4, 0.5) is 0 Å². The van der Waals surface area contributed by atoms with Gasteiger partial charge in [0.2, 0.25) is 0 Å². The Bertz CT molecular complexity index is 485. The normalized spacial score (nSPS) is 10.3. The fraction of sp³-hybridized carbons (Fsp3) is 0.182. The van der Waals surface area contributed by atoms with Gasteiger partial charge in [0.1, 0.15) is 10.7 Å². The molecule has 76 valence electrons. The number of aldehydes is 1. The Kier molecular flexibility index (Phi) is 2.60. The van der Waals surface area contributed by atoms with Crippen LogP contribution in [0.3, 0.4) is 0 Å². The van der Waals surface area contributed by atoms with Crippen LogP contribution in [0.1, 0.15) is 21.9 Å². The molecule has 0 saturated carbocycles. The molecule has 0 N–H and O–H groups in total. The quantitative estimate of drug-likeness (QED) is 0.728. The van der Waals surface area contributed by atoms with Gasteiger partial charge in [-0.15, -0.1) is 11.3 Å². The van der Waals surface area contributed by atoms with Crippen molar-refractivity contribution in [1.82, 2.24) is 9.97 Å². The Morgan fingerprint density at radius 1 is 1.20 bits per heavy atom. The third-order valence-corrected chi connectivity index (χ3v) is 2.88. The van der Waals surface area contributed by atoms with Crippen molar-refractivity contribution in [1.29, 1.82) is 0 Å². The molecule has 0 atom stereocenters. The van der Waals surface area contributed by atoms with Crippen molar-refractivity contribution in [2.45, 2.75) is 13.8 Å². The Labute approximate surface area is 91.8 Å². The molecule has 0 aliphatic carbocycles. The fourth-order valence-electron chi connectivity index (χ4n) is 1.43. The molecule has 0 saturated heterocycles. The van der Waals surface area contributed by atoms with Crippen LogP contribution in [0.5, 0.6) is 0 Å². The van der Waals surface area contributed by atoms with Crippen LogP contribution in [0, 0.1) is 13.8 Å². The van der Waals surface area contributed by atoms with Crippen LogP contribution >= 0.6 is 11.3 Å². The largest absolute Gasteiger partial charge is 0.296 e. The van der Waals surface area contributed by atoms with Crippen LogP contribution in [0.15, 0.2) is 17.5 Å². The summed E-state index contributed by atoms with van der Waals surface area (Å²) in [7, 11) is 0. The van der Waals surface area contributed by atoms with E-state index in [1.54, 1.807) is 5.38 Å². The molecule has 2 heterocycles. The van der Waals surface area contributed by atoms with E-state index in [2.05, 4.69) is 9.97 Å². The Morgan fingerprint density at radius 3 is 2.40 bits per heavy atom. The highest BCUT2D eigenvalue weighted by atomic mass is 32.1. The van der Waals surface area contributed by atoms with Crippen molar-refractivity contribution < 1.29 is 4.79 Å². The van der Waals surface area contributed by atoms with Gasteiger partial charge in [-0.25, -0.2) is 4.98 Å². The smallest absolute Gasteiger partial charge is 0.169 e. The number of aryl methyl sites for hydroxylation is 2. The van der Waals surface area contributed by atoms with Gasteiger partial charge >= 0.3 is 0 Å². The molecule has 0 fully saturated rings. The van der Waals surface area contributed by atoms with Crippen LogP contribution in [0.2, 0.25) is 0 Å². The minimum atomic E-state index is 0.488. The predicted molar refractivity (Wildman–Crippen MR) is 60.2 cm³/mol. The molecule has 2 aromatic rings. The first-order valence-corrected chi connectivity index (χ1v) is 5.43. The van der Waals surface area contributed by atoms with Crippen molar-refractivity contribution in [3.05, 3.63) is 34.6 Å². The summed E-state index contributed by atoms with van der Waals surface area (Å²) < 4.78 is 0. The van der Waals surface area contributed by atoms with E-state index in [1.807, 2.05) is 26.0 Å². The summed E-state index contributed by atoms with van der Waals surface area (Å²) in [4.78, 5) is 19.0. The topological polar surface area (TPSA) is 42.9 Å². The fourth-order valence-corrected chi connectivity index (χ4v) is 2.18. The van der Waals surface area contributed by atoms with E-state index >= 15 is 0 Å². The van der Waals surface area contributed by atoms with Gasteiger partial charge in [0.05, 0.1) is 0 Å². The number of thiazole rings is 1. The van der Waals surface area contributed by atoms with Gasteiger partial charge in [0.25, 0.3) is 0 Å². The number of hydrogen-bond acceptors (Lipinski definition) is 4. The number of carbonyl (C=O) groups is 1. The first-order chi connectivity index (χ1) is 7.19. The van der Waals surface area contributed by atoms with Gasteiger partial charge in [-0.1, -0.05) is 0 Å². The molecule has 0 spiro atoms. The first kappa shape index (κ1) is 9.98. The molecule has 0 aromatic carbocycles. The van der Waals surface area contributed by atoms with Crippen molar-refractivity contribution in [3.63, 3.8) is 0 Å². The minimum Gasteiger partial charge on any atom is -0.296 e. The number of rotatable bonds is 2. The molecule has 15 heavy (non-hydrogen) atoms. The maximum absolute atomic E-state index is 10.5. The molecule has 0 aliphatic rings. The summed E-state index contributed by atoms with van der Waals surface area (Å²) in [6.07, 6.45) is 0.765. The lowest BCUT2D eigenvalue weighted by molar-refractivity contribution is 0.111. The molecule has 0 unspecified atom stereocenters. The van der Waals surface area contributed by atoms with Gasteiger partial charge in [-0.3, -0.25) is 9.78 Å². The number of pyridine rings is 1. The average Bonchev–Trinajstić information content (AvgIpc) is 2.64. The molecular formula is C11H10N2OS. The van der Waals surface area contributed by atoms with Crippen LogP contribution in [-0.2, 0) is 0 Å². The van der Waals surface area contributed by atoms with Crippen molar-refractivity contribution in [2.75, 3.05) is 0 Å². The number of carbonyl (C=O) groups excluding carboxylic acids is 1. The van der Waals surface area contributed by atoms with Crippen LogP contribution < -0.4 is 0 Å². The highest BCUT2D eigenvalue weighted by Gasteiger charge is 2.05. The SMILES string of the molecule is Cc1cc(-c2nc(C=O)cs2)cc(C)n1. The molecule has 3 nitrogen and oxygen atoms in total. The summed E-state index contributed by atoms with van der Waals surface area (Å²) in [6, 6.07) is 3.95. The van der Waals surface area contributed by atoms with E-state index in [4.69, 9.17) is 0 Å². The Balaban J connectivity index is 2.48. The minimum absolute atomic E-state index is 0.488. The highest BCUT2D eigenvalue weighted by molar-refractivity contribution is 7.13. The molecule has 0 bridgehead atoms. The maximum atomic E-state index is 10.5. The van der Waals surface area contributed by atoms with E-state index in [-0.39, 0.29) is 0 Å². The number of nitrogens with zero attached hydrogens (tertiary/aromatic N) is 2. The van der Waals surface area contributed by atoms with Gasteiger partial charge in [0, 0.05) is 22.3 Å². The molecular weight excluding hydrogens is 208 g/mol. The average molecular weight is 218 g/mol. The third kappa shape index (κ3) is 2.10. The lowest BCUT2D eigenvalue weighted by Gasteiger charge is -2.00. The Hall–Kier alpha value is -1.55. The summed E-state index contributed by atoms with van der Waals surface area (Å²) in [5, 5.41) is 2.62. The second kappa shape index (κ2) is 3.90. The van der Waals surface area contributed by atoms with E-state index in [0.717, 1.165) is 28.2 Å². The van der Waals surface area contributed by atoms with Crippen molar-refractivity contribution in [3.8, 4) is 10.6 Å². The summed E-state index contributed by atoms with van der Waals surface area (Å²) in [5.74, 6) is 0. The lowest BCUT2D eigenvalue weighted by atomic mass is 10.2. The molecule has 2 aromatic heterocycles. The Morgan fingerprint density at radius 2 is 1.87 bits per heavy atom. The van der Waals surface area contributed by atoms with Gasteiger partial charge in [0.15, 0.2) is 6.29 Å². The summed E-state index contributed by atoms with van der Waals surface area (Å²) in [5.41, 5.74) is 3.45. The standard InChI is InChI=1S/C11H10N2OS/c1-7-3-9(4-8(2)12-7)11-13-10(5-14)6-15-11/h3-6H,1-2H3. The molecule has 0 amide bonds. The van der Waals surface area contributed by atoms with E-state index < -0.39 is 0 Å². The lowest BCUT2D eigenvalue weighted by Crippen LogP contribution is -1.88. The van der Waals surface area contributed by atoms with Gasteiger partial charge in [-0.05, 0) is 26.0 Å². The summed E-state index contributed by atoms with van der Waals surface area (Å²) in [6.45, 7) is 3.90.